The molecule has 7 aliphatic rings. The van der Waals surface area contributed by atoms with Gasteiger partial charge in [-0.15, -0.1) is 0 Å². The SMILES string of the molecule is O=C1N(C23CC4CC(CC(C4)C2)C3)CCC12CCCN2CC1CCCC1. The zero-order chi connectivity index (χ0) is 17.4. The van der Waals surface area contributed by atoms with Crippen LogP contribution in [0.4, 0.5) is 0 Å². The van der Waals surface area contributed by atoms with E-state index in [0.717, 1.165) is 43.1 Å². The highest BCUT2D eigenvalue weighted by molar-refractivity contribution is 5.89. The first kappa shape index (κ1) is 16.4. The average Bonchev–Trinajstić information content (AvgIpc) is 3.31. The lowest BCUT2D eigenvalue weighted by Gasteiger charge is -2.60. The summed E-state index contributed by atoms with van der Waals surface area (Å²) in [5.74, 6) is 4.23. The van der Waals surface area contributed by atoms with Gasteiger partial charge in [-0.2, -0.15) is 0 Å². The van der Waals surface area contributed by atoms with Gasteiger partial charge in [0.2, 0.25) is 5.91 Å². The molecule has 5 aliphatic carbocycles. The normalized spacial score (nSPS) is 48.5. The molecule has 5 saturated carbocycles. The van der Waals surface area contributed by atoms with Crippen LogP contribution in [0.5, 0.6) is 0 Å². The molecule has 1 unspecified atom stereocenters. The minimum Gasteiger partial charge on any atom is -0.335 e. The summed E-state index contributed by atoms with van der Waals surface area (Å²) in [5.41, 5.74) is 0.183. The molecule has 7 fully saturated rings. The third-order valence-electron chi connectivity index (χ3n) is 9.55. The van der Waals surface area contributed by atoms with Crippen LogP contribution in [0.2, 0.25) is 0 Å². The van der Waals surface area contributed by atoms with E-state index >= 15 is 0 Å². The maximum atomic E-state index is 13.9. The van der Waals surface area contributed by atoms with E-state index in [4.69, 9.17) is 0 Å². The first-order valence-corrected chi connectivity index (χ1v) is 11.7. The largest absolute Gasteiger partial charge is 0.335 e. The molecule has 0 N–H and O–H groups in total. The van der Waals surface area contributed by atoms with Crippen molar-refractivity contribution in [2.24, 2.45) is 23.7 Å². The van der Waals surface area contributed by atoms with Crippen LogP contribution in [-0.4, -0.2) is 46.4 Å². The van der Waals surface area contributed by atoms with Gasteiger partial charge in [-0.05, 0) is 101 Å². The fourth-order valence-corrected chi connectivity index (χ4v) is 8.83. The van der Waals surface area contributed by atoms with Crippen LogP contribution in [0.15, 0.2) is 0 Å². The first-order chi connectivity index (χ1) is 12.7. The molecule has 0 radical (unpaired) electrons. The van der Waals surface area contributed by atoms with E-state index in [1.807, 2.05) is 0 Å². The fraction of sp³-hybridized carbons (Fsp3) is 0.957. The molecule has 3 heteroatoms. The second-order valence-corrected chi connectivity index (χ2v) is 11.1. The Morgan fingerprint density at radius 3 is 2.15 bits per heavy atom. The zero-order valence-electron chi connectivity index (χ0n) is 16.4. The summed E-state index contributed by atoms with van der Waals surface area (Å²) in [6.07, 6.45) is 17.6. The Hall–Kier alpha value is -0.570. The topological polar surface area (TPSA) is 23.6 Å². The van der Waals surface area contributed by atoms with Gasteiger partial charge in [0.05, 0.1) is 0 Å². The van der Waals surface area contributed by atoms with Crippen molar-refractivity contribution in [1.82, 2.24) is 9.80 Å². The maximum absolute atomic E-state index is 13.9. The predicted octanol–water partition coefficient (Wildman–Crippen LogP) is 4.21. The molecule has 4 bridgehead atoms. The molecular weight excluding hydrogens is 320 g/mol. The molecule has 0 aromatic heterocycles. The third kappa shape index (κ3) is 2.25. The van der Waals surface area contributed by atoms with E-state index in [1.54, 1.807) is 0 Å². The van der Waals surface area contributed by atoms with Crippen molar-refractivity contribution in [3.05, 3.63) is 0 Å². The van der Waals surface area contributed by atoms with Gasteiger partial charge in [0.1, 0.15) is 5.54 Å². The summed E-state index contributed by atoms with van der Waals surface area (Å²) in [4.78, 5) is 19.1. The molecular formula is C23H36N2O. The lowest BCUT2D eigenvalue weighted by molar-refractivity contribution is -0.152. The zero-order valence-corrected chi connectivity index (χ0v) is 16.4. The number of hydrogen-bond donors (Lipinski definition) is 0. The van der Waals surface area contributed by atoms with Gasteiger partial charge in [-0.25, -0.2) is 0 Å². The number of rotatable bonds is 3. The summed E-state index contributed by atoms with van der Waals surface area (Å²) in [6, 6.07) is 0. The van der Waals surface area contributed by atoms with Crippen molar-refractivity contribution >= 4 is 5.91 Å². The number of amides is 1. The predicted molar refractivity (Wildman–Crippen MR) is 103 cm³/mol. The summed E-state index contributed by atoms with van der Waals surface area (Å²) in [7, 11) is 0. The van der Waals surface area contributed by atoms with Crippen LogP contribution in [-0.2, 0) is 4.79 Å². The summed E-state index contributed by atoms with van der Waals surface area (Å²) < 4.78 is 0. The maximum Gasteiger partial charge on any atom is 0.243 e. The standard InChI is InChI=1S/C23H36N2O/c26-21-23(6-3-8-24(23)16-17-4-1-2-5-17)7-9-25(21)22-13-18-10-19(14-22)12-20(11-18)15-22/h17-20H,1-16H2. The Labute approximate surface area is 158 Å². The van der Waals surface area contributed by atoms with Crippen molar-refractivity contribution in [1.29, 1.82) is 0 Å². The quantitative estimate of drug-likeness (QED) is 0.756. The van der Waals surface area contributed by atoms with Crippen molar-refractivity contribution in [3.63, 3.8) is 0 Å². The number of carbonyl (C=O) groups excluding carboxylic acids is 1. The van der Waals surface area contributed by atoms with E-state index in [2.05, 4.69) is 9.80 Å². The van der Waals surface area contributed by atoms with Crippen molar-refractivity contribution in [2.75, 3.05) is 19.6 Å². The summed E-state index contributed by atoms with van der Waals surface area (Å²) in [6.45, 7) is 3.45. The third-order valence-corrected chi connectivity index (χ3v) is 9.55. The molecule has 26 heavy (non-hydrogen) atoms. The smallest absolute Gasteiger partial charge is 0.243 e. The molecule has 0 aromatic rings. The lowest BCUT2D eigenvalue weighted by atomic mass is 9.52. The monoisotopic (exact) mass is 356 g/mol. The molecule has 1 atom stereocenters. The highest BCUT2D eigenvalue weighted by atomic mass is 16.2. The molecule has 1 amide bonds. The molecule has 2 saturated heterocycles. The van der Waals surface area contributed by atoms with Crippen LogP contribution in [0.3, 0.4) is 0 Å². The van der Waals surface area contributed by atoms with Crippen molar-refractivity contribution in [2.45, 2.75) is 94.5 Å². The lowest BCUT2D eigenvalue weighted by Crippen LogP contribution is -2.62. The molecule has 0 aromatic carbocycles. The van der Waals surface area contributed by atoms with E-state index in [0.29, 0.717) is 5.91 Å². The first-order valence-electron chi connectivity index (χ1n) is 11.7. The Balaban J connectivity index is 1.25. The second-order valence-electron chi connectivity index (χ2n) is 11.1. The Morgan fingerprint density at radius 1 is 0.846 bits per heavy atom. The summed E-state index contributed by atoms with van der Waals surface area (Å²) >= 11 is 0. The summed E-state index contributed by atoms with van der Waals surface area (Å²) in [5, 5.41) is 0. The Kier molecular flexibility index (Phi) is 3.60. The van der Waals surface area contributed by atoms with E-state index in [9.17, 15) is 4.79 Å². The molecule has 1 spiro atoms. The Morgan fingerprint density at radius 2 is 1.50 bits per heavy atom. The number of carbonyl (C=O) groups is 1. The van der Waals surface area contributed by atoms with E-state index < -0.39 is 0 Å². The van der Waals surface area contributed by atoms with Crippen LogP contribution in [0.1, 0.15) is 83.5 Å². The van der Waals surface area contributed by atoms with Crippen LogP contribution in [0, 0.1) is 23.7 Å². The number of likely N-dealkylation sites (tertiary alicyclic amines) is 2. The van der Waals surface area contributed by atoms with Crippen LogP contribution in [0.25, 0.3) is 0 Å². The van der Waals surface area contributed by atoms with Crippen molar-refractivity contribution in [3.8, 4) is 0 Å². The van der Waals surface area contributed by atoms with E-state index in [-0.39, 0.29) is 11.1 Å². The minimum absolute atomic E-state index is 0.0913. The van der Waals surface area contributed by atoms with Gasteiger partial charge in [-0.1, -0.05) is 12.8 Å². The van der Waals surface area contributed by atoms with Gasteiger partial charge in [0.15, 0.2) is 0 Å². The molecule has 2 aliphatic heterocycles. The molecule has 2 heterocycles. The van der Waals surface area contributed by atoms with Crippen molar-refractivity contribution < 1.29 is 4.79 Å². The average molecular weight is 357 g/mol. The number of hydrogen-bond acceptors (Lipinski definition) is 2. The van der Waals surface area contributed by atoms with Gasteiger partial charge < -0.3 is 4.90 Å². The molecule has 7 rings (SSSR count). The Bertz CT molecular complexity index is 560. The number of nitrogens with zero attached hydrogens (tertiary/aromatic N) is 2. The van der Waals surface area contributed by atoms with Gasteiger partial charge in [0, 0.05) is 18.6 Å². The fourth-order valence-electron chi connectivity index (χ4n) is 8.83. The minimum atomic E-state index is -0.0913. The van der Waals surface area contributed by atoms with Crippen LogP contribution < -0.4 is 0 Å². The molecule has 3 nitrogen and oxygen atoms in total. The van der Waals surface area contributed by atoms with Crippen LogP contribution >= 0.6 is 0 Å². The van der Waals surface area contributed by atoms with E-state index in [1.165, 1.54) is 83.7 Å². The van der Waals surface area contributed by atoms with Gasteiger partial charge >= 0.3 is 0 Å². The highest BCUT2D eigenvalue weighted by Crippen LogP contribution is 2.59. The second kappa shape index (κ2) is 5.72. The van der Waals surface area contributed by atoms with Gasteiger partial charge in [0.25, 0.3) is 0 Å². The highest BCUT2D eigenvalue weighted by Gasteiger charge is 2.61. The van der Waals surface area contributed by atoms with Gasteiger partial charge in [-0.3, -0.25) is 9.69 Å². The molecule has 144 valence electrons.